The van der Waals surface area contributed by atoms with Crippen LogP contribution < -0.4 is 0 Å². The van der Waals surface area contributed by atoms with Gasteiger partial charge in [0.2, 0.25) is 0 Å². The van der Waals surface area contributed by atoms with Crippen molar-refractivity contribution >= 4 is 10.1 Å². The summed E-state index contributed by atoms with van der Waals surface area (Å²) < 4.78 is 37.8. The molecule has 0 amide bonds. The van der Waals surface area contributed by atoms with E-state index in [4.69, 9.17) is 13.7 Å². The van der Waals surface area contributed by atoms with Crippen LogP contribution >= 0.6 is 0 Å². The van der Waals surface area contributed by atoms with Crippen molar-refractivity contribution < 1.29 is 22.1 Å². The highest BCUT2D eigenvalue weighted by Gasteiger charge is 2.46. The van der Waals surface area contributed by atoms with Crippen molar-refractivity contribution in [2.75, 3.05) is 26.1 Å². The van der Waals surface area contributed by atoms with E-state index in [2.05, 4.69) is 6.07 Å². The van der Waals surface area contributed by atoms with Gasteiger partial charge in [0.15, 0.2) is 5.79 Å². The largest absolute Gasteiger partial charge is 0.348 e. The molecule has 0 N–H and O–H groups in total. The summed E-state index contributed by atoms with van der Waals surface area (Å²) in [5.41, 5.74) is -0.523. The summed E-state index contributed by atoms with van der Waals surface area (Å²) >= 11 is 0. The molecular weight excluding hydrogens is 270 g/mol. The van der Waals surface area contributed by atoms with Gasteiger partial charge < -0.3 is 9.47 Å². The number of rotatable bonds is 4. The summed E-state index contributed by atoms with van der Waals surface area (Å²) in [5.74, 6) is -0.502. The van der Waals surface area contributed by atoms with Gasteiger partial charge in [-0.1, -0.05) is 0 Å². The van der Waals surface area contributed by atoms with E-state index in [1.165, 1.54) is 0 Å². The molecule has 0 aromatic carbocycles. The van der Waals surface area contributed by atoms with Crippen molar-refractivity contribution in [2.45, 2.75) is 37.9 Å². The van der Waals surface area contributed by atoms with E-state index in [1.54, 1.807) is 0 Å². The van der Waals surface area contributed by atoms with Gasteiger partial charge >= 0.3 is 0 Å². The first-order valence-electron chi connectivity index (χ1n) is 6.42. The van der Waals surface area contributed by atoms with Crippen LogP contribution in [0.1, 0.15) is 32.1 Å². The summed E-state index contributed by atoms with van der Waals surface area (Å²) in [6, 6.07) is 2.32. The molecule has 7 heteroatoms. The summed E-state index contributed by atoms with van der Waals surface area (Å²) in [6.07, 6.45) is 4.10. The molecule has 2 fully saturated rings. The maximum atomic E-state index is 10.9. The Morgan fingerprint density at radius 3 is 2.26 bits per heavy atom. The lowest BCUT2D eigenvalue weighted by molar-refractivity contribution is -0.188. The van der Waals surface area contributed by atoms with Crippen LogP contribution in [0.5, 0.6) is 0 Å². The Hall–Kier alpha value is -0.680. The molecule has 108 valence electrons. The molecule has 1 aliphatic carbocycles. The van der Waals surface area contributed by atoms with Gasteiger partial charge in [-0.25, -0.2) is 0 Å². The summed E-state index contributed by atoms with van der Waals surface area (Å²) in [6.45, 7) is 1.27. The van der Waals surface area contributed by atoms with Gasteiger partial charge in [-0.05, 0) is 19.3 Å². The quantitative estimate of drug-likeness (QED) is 0.722. The van der Waals surface area contributed by atoms with E-state index in [1.807, 2.05) is 0 Å². The number of nitrogens with zero attached hydrogens (tertiary/aromatic N) is 1. The lowest BCUT2D eigenvalue weighted by Crippen LogP contribution is -2.40. The minimum absolute atomic E-state index is 0.0567. The van der Waals surface area contributed by atoms with E-state index >= 15 is 0 Å². The van der Waals surface area contributed by atoms with Gasteiger partial charge in [0.25, 0.3) is 10.1 Å². The van der Waals surface area contributed by atoms with Gasteiger partial charge in [0.05, 0.1) is 37.6 Å². The average molecular weight is 289 g/mol. The second-order valence-corrected chi connectivity index (χ2v) is 6.92. The zero-order valence-electron chi connectivity index (χ0n) is 11.1. The first-order chi connectivity index (χ1) is 8.89. The molecular formula is C12H19NO5S. The smallest absolute Gasteiger partial charge is 0.264 e. The zero-order chi connectivity index (χ0) is 14.0. The molecule has 2 rings (SSSR count). The fourth-order valence-electron chi connectivity index (χ4n) is 2.70. The zero-order valence-corrected chi connectivity index (χ0v) is 11.9. The van der Waals surface area contributed by atoms with Crippen LogP contribution in [0, 0.1) is 16.7 Å². The molecule has 0 atom stereocenters. The predicted octanol–water partition coefficient (Wildman–Crippen LogP) is 1.18. The Bertz CT molecular complexity index is 451. The molecule has 0 bridgehead atoms. The van der Waals surface area contributed by atoms with Gasteiger partial charge in [0, 0.05) is 12.8 Å². The van der Waals surface area contributed by atoms with Crippen LogP contribution in [0.2, 0.25) is 0 Å². The molecule has 0 radical (unpaired) electrons. The number of nitriles is 1. The topological polar surface area (TPSA) is 85.6 Å². The van der Waals surface area contributed by atoms with Crippen LogP contribution in [0.3, 0.4) is 0 Å². The maximum absolute atomic E-state index is 10.9. The molecule has 1 heterocycles. The molecule has 2 aliphatic rings. The minimum atomic E-state index is -3.44. The van der Waals surface area contributed by atoms with Crippen LogP contribution in [-0.4, -0.2) is 40.3 Å². The highest BCUT2D eigenvalue weighted by atomic mass is 32.2. The van der Waals surface area contributed by atoms with Crippen LogP contribution in [0.4, 0.5) is 0 Å². The summed E-state index contributed by atoms with van der Waals surface area (Å²) in [7, 11) is -3.44. The Kier molecular flexibility index (Phi) is 4.16. The number of ether oxygens (including phenoxy) is 2. The molecule has 1 saturated heterocycles. The Morgan fingerprint density at radius 1 is 1.21 bits per heavy atom. The molecule has 1 aliphatic heterocycles. The third kappa shape index (κ3) is 3.66. The van der Waals surface area contributed by atoms with Gasteiger partial charge in [-0.15, -0.1) is 0 Å². The number of hydrogen-bond acceptors (Lipinski definition) is 6. The van der Waals surface area contributed by atoms with Crippen LogP contribution in [-0.2, 0) is 23.8 Å². The predicted molar refractivity (Wildman–Crippen MR) is 66.6 cm³/mol. The first kappa shape index (κ1) is 14.7. The third-order valence-electron chi connectivity index (χ3n) is 3.90. The van der Waals surface area contributed by atoms with Gasteiger partial charge in [-0.3, -0.25) is 4.18 Å². The minimum Gasteiger partial charge on any atom is -0.348 e. The highest BCUT2D eigenvalue weighted by Crippen LogP contribution is 2.46. The van der Waals surface area contributed by atoms with Crippen LogP contribution in [0.25, 0.3) is 0 Å². The molecule has 1 saturated carbocycles. The monoisotopic (exact) mass is 289 g/mol. The SMILES string of the molecule is CS(=O)(=O)OCCC1(C#N)CCC2(CC1)OCCO2. The van der Waals surface area contributed by atoms with Crippen molar-refractivity contribution in [3.63, 3.8) is 0 Å². The van der Waals surface area contributed by atoms with E-state index < -0.39 is 21.3 Å². The van der Waals surface area contributed by atoms with Gasteiger partial charge in [0.1, 0.15) is 0 Å². The van der Waals surface area contributed by atoms with E-state index in [9.17, 15) is 13.7 Å². The molecule has 1 spiro atoms. The van der Waals surface area contributed by atoms with Gasteiger partial charge in [-0.2, -0.15) is 13.7 Å². The Morgan fingerprint density at radius 2 is 1.79 bits per heavy atom. The fourth-order valence-corrected chi connectivity index (χ4v) is 3.09. The lowest BCUT2D eigenvalue weighted by Gasteiger charge is -2.39. The Balaban J connectivity index is 1.89. The second kappa shape index (κ2) is 5.37. The van der Waals surface area contributed by atoms with E-state index in [0.29, 0.717) is 45.3 Å². The normalized spacial score (nSPS) is 25.3. The molecule has 6 nitrogen and oxygen atoms in total. The van der Waals surface area contributed by atoms with Crippen molar-refractivity contribution in [2.24, 2.45) is 5.41 Å². The molecule has 19 heavy (non-hydrogen) atoms. The standard InChI is InChI=1S/C12H19NO5S/c1-19(14,15)18-7-6-11(10-13)2-4-12(5-3-11)16-8-9-17-12/h2-9H2,1H3. The van der Waals surface area contributed by atoms with Crippen molar-refractivity contribution in [3.05, 3.63) is 0 Å². The average Bonchev–Trinajstić information content (AvgIpc) is 2.80. The lowest BCUT2D eigenvalue weighted by atomic mass is 9.71. The first-order valence-corrected chi connectivity index (χ1v) is 8.24. The van der Waals surface area contributed by atoms with Crippen molar-refractivity contribution in [1.29, 1.82) is 5.26 Å². The van der Waals surface area contributed by atoms with E-state index in [0.717, 1.165) is 6.26 Å². The highest BCUT2D eigenvalue weighted by molar-refractivity contribution is 7.85. The third-order valence-corrected chi connectivity index (χ3v) is 4.49. The second-order valence-electron chi connectivity index (χ2n) is 5.28. The molecule has 0 aromatic heterocycles. The van der Waals surface area contributed by atoms with Crippen molar-refractivity contribution in [3.8, 4) is 6.07 Å². The molecule has 0 aromatic rings. The van der Waals surface area contributed by atoms with Crippen molar-refractivity contribution in [1.82, 2.24) is 0 Å². The summed E-state index contributed by atoms with van der Waals surface area (Å²) in [4.78, 5) is 0. The molecule has 0 unspecified atom stereocenters. The maximum Gasteiger partial charge on any atom is 0.264 e. The fraction of sp³-hybridized carbons (Fsp3) is 0.917. The summed E-state index contributed by atoms with van der Waals surface area (Å²) in [5, 5.41) is 9.37. The van der Waals surface area contributed by atoms with E-state index in [-0.39, 0.29) is 6.61 Å². The van der Waals surface area contributed by atoms with Crippen LogP contribution in [0.15, 0.2) is 0 Å². The Labute approximate surface area is 113 Å². The number of hydrogen-bond donors (Lipinski definition) is 0.